The highest BCUT2D eigenvalue weighted by Gasteiger charge is 2.18. The lowest BCUT2D eigenvalue weighted by molar-refractivity contribution is 0.202. The number of benzene rings is 1. The van der Waals surface area contributed by atoms with E-state index in [9.17, 15) is 8.42 Å². The summed E-state index contributed by atoms with van der Waals surface area (Å²) in [6.45, 7) is 3.06. The molecule has 1 aromatic carbocycles. The van der Waals surface area contributed by atoms with Crippen molar-refractivity contribution in [2.45, 2.75) is 24.2 Å². The van der Waals surface area contributed by atoms with E-state index in [1.165, 1.54) is 0 Å². The number of nitrogens with one attached hydrogen (secondary N) is 2. The SMILES string of the molecule is COCCc1ccc(S(=O)(=O)NCC2CCCNC2)cc1.Cl. The fourth-order valence-corrected chi connectivity index (χ4v) is 3.58. The largest absolute Gasteiger partial charge is 0.384 e. The van der Waals surface area contributed by atoms with E-state index in [1.807, 2.05) is 12.1 Å². The van der Waals surface area contributed by atoms with Crippen molar-refractivity contribution in [1.82, 2.24) is 10.0 Å². The summed E-state index contributed by atoms with van der Waals surface area (Å²) in [5.41, 5.74) is 1.08. The maximum absolute atomic E-state index is 12.2. The molecule has 1 aliphatic rings. The molecule has 0 saturated carbocycles. The van der Waals surface area contributed by atoms with Crippen LogP contribution in [0.15, 0.2) is 29.2 Å². The predicted octanol–water partition coefficient (Wildman–Crippen LogP) is 1.58. The van der Waals surface area contributed by atoms with E-state index in [0.29, 0.717) is 24.0 Å². The van der Waals surface area contributed by atoms with Crippen LogP contribution in [0.3, 0.4) is 0 Å². The second-order valence-electron chi connectivity index (χ2n) is 5.45. The Kier molecular flexibility index (Phi) is 8.35. The quantitative estimate of drug-likeness (QED) is 0.785. The van der Waals surface area contributed by atoms with E-state index in [2.05, 4.69) is 10.0 Å². The lowest BCUT2D eigenvalue weighted by atomic mass is 10.0. The van der Waals surface area contributed by atoms with Gasteiger partial charge in [0, 0.05) is 13.7 Å². The van der Waals surface area contributed by atoms with Crippen LogP contribution in [-0.2, 0) is 21.2 Å². The van der Waals surface area contributed by atoms with E-state index >= 15 is 0 Å². The summed E-state index contributed by atoms with van der Waals surface area (Å²) in [4.78, 5) is 0.326. The molecular formula is C15H25ClN2O3S. The van der Waals surface area contributed by atoms with Gasteiger partial charge in [-0.3, -0.25) is 0 Å². The van der Waals surface area contributed by atoms with E-state index in [-0.39, 0.29) is 12.4 Å². The Morgan fingerprint density at radius 1 is 1.32 bits per heavy atom. The first-order chi connectivity index (χ1) is 10.1. The third-order valence-electron chi connectivity index (χ3n) is 3.79. The average Bonchev–Trinajstić information content (AvgIpc) is 2.52. The number of halogens is 1. The van der Waals surface area contributed by atoms with Crippen LogP contribution in [0.2, 0.25) is 0 Å². The van der Waals surface area contributed by atoms with Crippen molar-refractivity contribution < 1.29 is 13.2 Å². The van der Waals surface area contributed by atoms with E-state index in [4.69, 9.17) is 4.74 Å². The van der Waals surface area contributed by atoms with Crippen molar-refractivity contribution in [2.75, 3.05) is 33.4 Å². The van der Waals surface area contributed by atoms with Crippen LogP contribution in [0.4, 0.5) is 0 Å². The third-order valence-corrected chi connectivity index (χ3v) is 5.23. The lowest BCUT2D eigenvalue weighted by Crippen LogP contribution is -2.38. The monoisotopic (exact) mass is 348 g/mol. The molecule has 7 heteroatoms. The minimum atomic E-state index is -3.41. The Labute approximate surface area is 139 Å². The van der Waals surface area contributed by atoms with Crippen LogP contribution in [0.5, 0.6) is 0 Å². The molecule has 1 atom stereocenters. The fourth-order valence-electron chi connectivity index (χ4n) is 2.46. The molecule has 2 N–H and O–H groups in total. The molecule has 1 aliphatic heterocycles. The number of sulfonamides is 1. The molecule has 0 bridgehead atoms. The molecule has 0 aliphatic carbocycles. The Hall–Kier alpha value is -0.660. The molecule has 0 radical (unpaired) electrons. The van der Waals surface area contributed by atoms with Crippen molar-refractivity contribution in [3.05, 3.63) is 29.8 Å². The maximum Gasteiger partial charge on any atom is 0.240 e. The Balaban J connectivity index is 0.00000242. The van der Waals surface area contributed by atoms with Crippen LogP contribution in [0.25, 0.3) is 0 Å². The summed E-state index contributed by atoms with van der Waals surface area (Å²) in [6.07, 6.45) is 2.98. The number of methoxy groups -OCH3 is 1. The van der Waals surface area contributed by atoms with Gasteiger partial charge in [0.05, 0.1) is 11.5 Å². The Morgan fingerprint density at radius 3 is 2.64 bits per heavy atom. The molecule has 0 aromatic heterocycles. The first-order valence-corrected chi connectivity index (χ1v) is 8.88. The van der Waals surface area contributed by atoms with Gasteiger partial charge in [-0.15, -0.1) is 12.4 Å². The number of hydrogen-bond acceptors (Lipinski definition) is 4. The zero-order valence-corrected chi connectivity index (χ0v) is 14.5. The van der Waals surface area contributed by atoms with Crippen molar-refractivity contribution in [1.29, 1.82) is 0 Å². The van der Waals surface area contributed by atoms with Gasteiger partial charge >= 0.3 is 0 Å². The van der Waals surface area contributed by atoms with Gasteiger partial charge in [-0.25, -0.2) is 13.1 Å². The topological polar surface area (TPSA) is 67.4 Å². The normalized spacial score (nSPS) is 18.7. The van der Waals surface area contributed by atoms with Crippen molar-refractivity contribution >= 4 is 22.4 Å². The highest BCUT2D eigenvalue weighted by atomic mass is 35.5. The minimum absolute atomic E-state index is 0. The first-order valence-electron chi connectivity index (χ1n) is 7.40. The summed E-state index contributed by atoms with van der Waals surface area (Å²) in [5, 5.41) is 3.29. The molecule has 1 saturated heterocycles. The molecule has 0 spiro atoms. The Bertz CT molecular complexity index is 528. The van der Waals surface area contributed by atoms with Crippen LogP contribution in [0.1, 0.15) is 18.4 Å². The van der Waals surface area contributed by atoms with Gasteiger partial charge in [0.15, 0.2) is 0 Å². The molecule has 126 valence electrons. The molecule has 22 heavy (non-hydrogen) atoms. The zero-order valence-electron chi connectivity index (χ0n) is 12.9. The minimum Gasteiger partial charge on any atom is -0.384 e. The van der Waals surface area contributed by atoms with E-state index < -0.39 is 10.0 Å². The molecule has 1 fully saturated rings. The molecular weight excluding hydrogens is 324 g/mol. The summed E-state index contributed by atoms with van der Waals surface area (Å²) < 4.78 is 32.2. The molecule has 1 heterocycles. The summed E-state index contributed by atoms with van der Waals surface area (Å²) >= 11 is 0. The van der Waals surface area contributed by atoms with Gasteiger partial charge in [0.1, 0.15) is 0 Å². The smallest absolute Gasteiger partial charge is 0.240 e. The highest BCUT2D eigenvalue weighted by Crippen LogP contribution is 2.13. The third kappa shape index (κ3) is 5.85. The van der Waals surface area contributed by atoms with Crippen LogP contribution in [-0.4, -0.2) is 41.8 Å². The number of hydrogen-bond donors (Lipinski definition) is 2. The first kappa shape index (κ1) is 19.4. The standard InChI is InChI=1S/C15H24N2O3S.ClH/c1-20-10-8-13-4-6-15(7-5-13)21(18,19)17-12-14-3-2-9-16-11-14;/h4-7,14,16-17H,2-3,8-12H2,1H3;1H. The fraction of sp³-hybridized carbons (Fsp3) is 0.600. The predicted molar refractivity (Wildman–Crippen MR) is 90.1 cm³/mol. The highest BCUT2D eigenvalue weighted by molar-refractivity contribution is 7.89. The van der Waals surface area contributed by atoms with Gasteiger partial charge in [-0.05, 0) is 56.0 Å². The second kappa shape index (κ2) is 9.47. The molecule has 5 nitrogen and oxygen atoms in total. The van der Waals surface area contributed by atoms with Crippen molar-refractivity contribution in [2.24, 2.45) is 5.92 Å². The number of rotatable bonds is 7. The van der Waals surface area contributed by atoms with E-state index in [0.717, 1.165) is 37.9 Å². The van der Waals surface area contributed by atoms with Gasteiger partial charge in [0.25, 0.3) is 0 Å². The average molecular weight is 349 g/mol. The van der Waals surface area contributed by atoms with Crippen molar-refractivity contribution in [3.8, 4) is 0 Å². The summed E-state index contributed by atoms with van der Waals surface area (Å²) in [6, 6.07) is 7.00. The van der Waals surface area contributed by atoms with E-state index in [1.54, 1.807) is 19.2 Å². The van der Waals surface area contributed by atoms with Gasteiger partial charge in [-0.2, -0.15) is 0 Å². The van der Waals surface area contributed by atoms with Crippen LogP contribution < -0.4 is 10.0 Å². The number of piperidine rings is 1. The van der Waals surface area contributed by atoms with Crippen molar-refractivity contribution in [3.63, 3.8) is 0 Å². The second-order valence-corrected chi connectivity index (χ2v) is 7.22. The molecule has 1 unspecified atom stereocenters. The van der Waals surface area contributed by atoms with Crippen LogP contribution in [0, 0.1) is 5.92 Å². The number of ether oxygens (including phenoxy) is 1. The summed E-state index contributed by atoms with van der Waals surface area (Å²) in [5.74, 6) is 0.384. The molecule has 1 aromatic rings. The lowest BCUT2D eigenvalue weighted by Gasteiger charge is -2.22. The maximum atomic E-state index is 12.2. The van der Waals surface area contributed by atoms with Gasteiger partial charge < -0.3 is 10.1 Å². The molecule has 2 rings (SSSR count). The zero-order chi connectivity index (χ0) is 15.1. The van der Waals surface area contributed by atoms with Crippen LogP contribution >= 0.6 is 12.4 Å². The van der Waals surface area contributed by atoms with Gasteiger partial charge in [0.2, 0.25) is 10.0 Å². The van der Waals surface area contributed by atoms with Gasteiger partial charge in [-0.1, -0.05) is 12.1 Å². The Morgan fingerprint density at radius 2 is 2.05 bits per heavy atom. The summed E-state index contributed by atoms with van der Waals surface area (Å²) in [7, 11) is -1.75. The molecule has 0 amide bonds.